The maximum absolute atomic E-state index is 12.9. The Kier molecular flexibility index (Phi) is 4.19. The molecule has 5 rings (SSSR count). The molecule has 4 heterocycles. The summed E-state index contributed by atoms with van der Waals surface area (Å²) in [5.41, 5.74) is 4.47. The smallest absolute Gasteiger partial charge is 0.227 e. The van der Waals surface area contributed by atoms with Gasteiger partial charge in [-0.15, -0.1) is 5.10 Å². The first-order chi connectivity index (χ1) is 13.3. The van der Waals surface area contributed by atoms with Gasteiger partial charge in [0.05, 0.1) is 18.7 Å². The summed E-state index contributed by atoms with van der Waals surface area (Å²) in [5.74, 6) is 2.10. The summed E-state index contributed by atoms with van der Waals surface area (Å²) in [6.07, 6.45) is 4.60. The van der Waals surface area contributed by atoms with E-state index in [9.17, 15) is 4.79 Å². The van der Waals surface area contributed by atoms with Crippen molar-refractivity contribution in [1.29, 1.82) is 0 Å². The average molecular weight is 364 g/mol. The number of benzene rings is 1. The second-order valence-corrected chi connectivity index (χ2v) is 7.65. The van der Waals surface area contributed by atoms with E-state index in [2.05, 4.69) is 27.2 Å². The van der Waals surface area contributed by atoms with E-state index in [1.165, 1.54) is 18.4 Å². The van der Waals surface area contributed by atoms with Gasteiger partial charge in [-0.3, -0.25) is 4.79 Å². The van der Waals surface area contributed by atoms with Crippen molar-refractivity contribution >= 4 is 11.7 Å². The van der Waals surface area contributed by atoms with Gasteiger partial charge >= 0.3 is 0 Å². The fourth-order valence-electron chi connectivity index (χ4n) is 4.27. The van der Waals surface area contributed by atoms with Gasteiger partial charge < -0.3 is 14.5 Å². The van der Waals surface area contributed by atoms with Gasteiger partial charge in [0.2, 0.25) is 5.91 Å². The summed E-state index contributed by atoms with van der Waals surface area (Å²) in [6, 6.07) is 8.26. The molecule has 6 heteroatoms. The Hall–Kier alpha value is -2.63. The lowest BCUT2D eigenvalue weighted by Gasteiger charge is -2.29. The molecule has 1 aromatic heterocycles. The summed E-state index contributed by atoms with van der Waals surface area (Å²) in [4.78, 5) is 17.1. The van der Waals surface area contributed by atoms with Crippen LogP contribution in [0, 0.1) is 0 Å². The SMILES string of the molecule is O=C(Cc1ccc2c(c1)CCO2)N1CCc2nnc(N3CCCC3)cc2C1. The zero-order valence-electron chi connectivity index (χ0n) is 15.5. The van der Waals surface area contributed by atoms with E-state index >= 15 is 0 Å². The average Bonchev–Trinajstić information content (AvgIpc) is 3.38. The summed E-state index contributed by atoms with van der Waals surface area (Å²) in [7, 11) is 0. The molecule has 140 valence electrons. The molecule has 0 radical (unpaired) electrons. The number of aromatic nitrogens is 2. The lowest BCUT2D eigenvalue weighted by molar-refractivity contribution is -0.131. The minimum atomic E-state index is 0.180. The molecule has 1 fully saturated rings. The van der Waals surface area contributed by atoms with Gasteiger partial charge in [-0.25, -0.2) is 0 Å². The maximum atomic E-state index is 12.9. The highest BCUT2D eigenvalue weighted by molar-refractivity contribution is 5.79. The molecule has 3 aliphatic rings. The molecule has 1 aromatic carbocycles. The van der Waals surface area contributed by atoms with Crippen LogP contribution in [0.2, 0.25) is 0 Å². The Morgan fingerprint density at radius 3 is 2.81 bits per heavy atom. The zero-order chi connectivity index (χ0) is 18.2. The molecule has 0 bridgehead atoms. The number of nitrogens with zero attached hydrogens (tertiary/aromatic N) is 4. The zero-order valence-corrected chi connectivity index (χ0v) is 15.5. The number of rotatable bonds is 3. The predicted octanol–water partition coefficient (Wildman–Crippen LogP) is 2.14. The van der Waals surface area contributed by atoms with Gasteiger partial charge in [0.1, 0.15) is 5.75 Å². The van der Waals surface area contributed by atoms with Gasteiger partial charge in [-0.05, 0) is 41.7 Å². The Bertz CT molecular complexity index is 876. The quantitative estimate of drug-likeness (QED) is 0.835. The van der Waals surface area contributed by atoms with Gasteiger partial charge in [0.15, 0.2) is 5.82 Å². The maximum Gasteiger partial charge on any atom is 0.227 e. The Labute approximate surface area is 159 Å². The van der Waals surface area contributed by atoms with Gasteiger partial charge in [-0.2, -0.15) is 5.10 Å². The molecular weight excluding hydrogens is 340 g/mol. The molecule has 3 aliphatic heterocycles. The van der Waals surface area contributed by atoms with E-state index in [1.54, 1.807) is 0 Å². The van der Waals surface area contributed by atoms with Crippen LogP contribution in [0.1, 0.15) is 35.2 Å². The molecule has 0 saturated carbocycles. The van der Waals surface area contributed by atoms with Crippen LogP contribution in [-0.4, -0.2) is 47.2 Å². The highest BCUT2D eigenvalue weighted by Crippen LogP contribution is 2.27. The van der Waals surface area contributed by atoms with Crippen LogP contribution >= 0.6 is 0 Å². The van der Waals surface area contributed by atoms with Crippen molar-refractivity contribution < 1.29 is 9.53 Å². The summed E-state index contributed by atoms with van der Waals surface area (Å²) >= 11 is 0. The highest BCUT2D eigenvalue weighted by Gasteiger charge is 2.24. The Morgan fingerprint density at radius 2 is 1.93 bits per heavy atom. The molecule has 0 spiro atoms. The van der Waals surface area contributed by atoms with Crippen LogP contribution in [0.25, 0.3) is 0 Å². The molecule has 0 atom stereocenters. The number of amides is 1. The molecule has 0 aliphatic carbocycles. The fraction of sp³-hybridized carbons (Fsp3) is 0.476. The van der Waals surface area contributed by atoms with Crippen molar-refractivity contribution in [2.24, 2.45) is 0 Å². The van der Waals surface area contributed by atoms with Crippen molar-refractivity contribution in [3.8, 4) is 5.75 Å². The predicted molar refractivity (Wildman–Crippen MR) is 102 cm³/mol. The second-order valence-electron chi connectivity index (χ2n) is 7.65. The summed E-state index contributed by atoms with van der Waals surface area (Å²) in [6.45, 7) is 4.21. The topological polar surface area (TPSA) is 58.6 Å². The minimum absolute atomic E-state index is 0.180. The van der Waals surface area contributed by atoms with Crippen LogP contribution in [0.4, 0.5) is 5.82 Å². The van der Waals surface area contributed by atoms with Gasteiger partial charge in [0, 0.05) is 39.0 Å². The fourth-order valence-corrected chi connectivity index (χ4v) is 4.27. The summed E-state index contributed by atoms with van der Waals surface area (Å²) < 4.78 is 5.55. The van der Waals surface area contributed by atoms with Crippen LogP contribution in [0.15, 0.2) is 24.3 Å². The van der Waals surface area contributed by atoms with Gasteiger partial charge in [-0.1, -0.05) is 12.1 Å². The van der Waals surface area contributed by atoms with E-state index in [4.69, 9.17) is 4.74 Å². The first kappa shape index (κ1) is 16.5. The standard InChI is InChI=1S/C21H24N4O2/c26-21(12-15-3-4-19-16(11-15)6-10-27-19)25-9-5-18-17(14-25)13-20(23-22-18)24-7-1-2-8-24/h3-4,11,13H,1-2,5-10,12,14H2. The van der Waals surface area contributed by atoms with E-state index in [-0.39, 0.29) is 5.91 Å². The van der Waals surface area contributed by atoms with Crippen molar-refractivity contribution in [3.63, 3.8) is 0 Å². The third-order valence-corrected chi connectivity index (χ3v) is 5.82. The first-order valence-electron chi connectivity index (χ1n) is 9.89. The molecule has 1 saturated heterocycles. The minimum Gasteiger partial charge on any atom is -0.493 e. The van der Waals surface area contributed by atoms with E-state index in [0.29, 0.717) is 13.0 Å². The second kappa shape index (κ2) is 6.83. The van der Waals surface area contributed by atoms with Crippen molar-refractivity contribution in [1.82, 2.24) is 15.1 Å². The number of anilines is 1. The highest BCUT2D eigenvalue weighted by atomic mass is 16.5. The Morgan fingerprint density at radius 1 is 1.04 bits per heavy atom. The van der Waals surface area contributed by atoms with E-state index in [1.807, 2.05) is 17.0 Å². The number of ether oxygens (including phenoxy) is 1. The molecule has 2 aromatic rings. The Balaban J connectivity index is 1.29. The first-order valence-corrected chi connectivity index (χ1v) is 9.89. The van der Waals surface area contributed by atoms with Crippen LogP contribution in [-0.2, 0) is 30.6 Å². The lowest BCUT2D eigenvalue weighted by atomic mass is 10.0. The van der Waals surface area contributed by atoms with Crippen molar-refractivity contribution in [3.05, 3.63) is 46.6 Å². The number of carbonyl (C=O) groups excluding carboxylic acids is 1. The normalized spacial score (nSPS) is 18.2. The third kappa shape index (κ3) is 3.24. The number of hydrogen-bond donors (Lipinski definition) is 0. The van der Waals surface area contributed by atoms with Crippen LogP contribution < -0.4 is 9.64 Å². The molecule has 0 unspecified atom stereocenters. The summed E-state index contributed by atoms with van der Waals surface area (Å²) in [5, 5.41) is 8.84. The molecular formula is C21H24N4O2. The molecule has 27 heavy (non-hydrogen) atoms. The van der Waals surface area contributed by atoms with Crippen LogP contribution in [0.3, 0.4) is 0 Å². The third-order valence-electron chi connectivity index (χ3n) is 5.82. The van der Waals surface area contributed by atoms with Gasteiger partial charge in [0.25, 0.3) is 0 Å². The molecule has 1 amide bonds. The van der Waals surface area contributed by atoms with Crippen molar-refractivity contribution in [2.45, 2.75) is 38.6 Å². The monoisotopic (exact) mass is 364 g/mol. The van der Waals surface area contributed by atoms with Crippen LogP contribution in [0.5, 0.6) is 5.75 Å². The number of hydrogen-bond acceptors (Lipinski definition) is 5. The molecule has 0 N–H and O–H groups in total. The lowest BCUT2D eigenvalue weighted by Crippen LogP contribution is -2.37. The number of fused-ring (bicyclic) bond motifs is 2. The largest absolute Gasteiger partial charge is 0.493 e. The van der Waals surface area contributed by atoms with Crippen molar-refractivity contribution in [2.75, 3.05) is 31.1 Å². The molecule has 6 nitrogen and oxygen atoms in total. The van der Waals surface area contributed by atoms with E-state index < -0.39 is 0 Å². The van der Waals surface area contributed by atoms with E-state index in [0.717, 1.165) is 67.5 Å². The number of carbonyl (C=O) groups is 1.